The van der Waals surface area contributed by atoms with Crippen molar-refractivity contribution in [2.24, 2.45) is 28.0 Å². The Morgan fingerprint density at radius 3 is 2.31 bits per heavy atom. The molecule has 48 heavy (non-hydrogen) atoms. The molecule has 11 atom stereocenters. The second-order valence-electron chi connectivity index (χ2n) is 14.0. The molecule has 0 spiro atoms. The quantitative estimate of drug-likeness (QED) is 0.0415. The standard InChI is InChI=1S/C29H50ClN3O10S3.2Na/c1-17-7-10-21(11-8-17)41-45(36)33-24-16-22(46(37,38)39)13-18-14-26(44-43-42-35)28(29(34)27(18)24)32-31-23-15-19(30)9-12-25(23)40-20-5-3-2-4-6-20;;/h17-29,33-35H,2-16H2,1H3,(H,37,38,39);;/q;2*+1/p-2. The number of nitrogens with one attached hydrogen (secondary N) is 1. The molecule has 0 aromatic carbocycles. The summed E-state index contributed by atoms with van der Waals surface area (Å²) in [6.07, 6.45) is 9.87. The summed E-state index contributed by atoms with van der Waals surface area (Å²) < 4.78 is 69.7. The van der Waals surface area contributed by atoms with Crippen molar-refractivity contribution in [3.05, 3.63) is 0 Å². The number of alkyl halides is 1. The van der Waals surface area contributed by atoms with Crippen LogP contribution >= 0.6 is 23.6 Å². The van der Waals surface area contributed by atoms with E-state index in [1.807, 2.05) is 0 Å². The number of hydrogen-bond donors (Lipinski definition) is 2. The third kappa shape index (κ3) is 12.5. The Bertz CT molecular complexity index is 1140. The number of hydrogen-bond acceptors (Lipinski definition) is 13. The van der Waals surface area contributed by atoms with Crippen molar-refractivity contribution >= 4 is 45.0 Å². The van der Waals surface area contributed by atoms with Crippen LogP contribution in [0.5, 0.6) is 0 Å². The van der Waals surface area contributed by atoms with Crippen LogP contribution in [0.25, 0.3) is 0 Å². The number of aliphatic hydroxyl groups excluding tert-OH is 1. The third-order valence-electron chi connectivity index (χ3n) is 10.7. The molecule has 0 saturated heterocycles. The average molecular weight is 776 g/mol. The second-order valence-corrected chi connectivity index (χ2v) is 18.1. The zero-order valence-electron chi connectivity index (χ0n) is 28.2. The van der Waals surface area contributed by atoms with Crippen LogP contribution in [0, 0.1) is 17.8 Å². The molecule has 0 bridgehead atoms. The Morgan fingerprint density at radius 2 is 1.65 bits per heavy atom. The van der Waals surface area contributed by atoms with E-state index in [4.69, 9.17) is 25.6 Å². The Morgan fingerprint density at radius 1 is 0.938 bits per heavy atom. The minimum absolute atomic E-state index is 0. The summed E-state index contributed by atoms with van der Waals surface area (Å²) in [5, 5.41) is 33.6. The number of aliphatic hydroxyl groups is 1. The maximum absolute atomic E-state index is 13.2. The van der Waals surface area contributed by atoms with Crippen molar-refractivity contribution in [1.82, 2.24) is 4.72 Å². The molecule has 0 aromatic rings. The molecule has 0 aliphatic heterocycles. The topological polar surface area (TPSA) is 191 Å². The van der Waals surface area contributed by atoms with Gasteiger partial charge in [-0.15, -0.1) is 11.6 Å². The summed E-state index contributed by atoms with van der Waals surface area (Å²) in [6.45, 7) is 2.17. The first-order chi connectivity index (χ1) is 22.0. The molecule has 5 fully saturated rings. The maximum Gasteiger partial charge on any atom is 1.00 e. The van der Waals surface area contributed by atoms with Crippen LogP contribution < -0.4 is 69.1 Å². The Hall–Kier alpha value is 2.02. The molecule has 0 radical (unpaired) electrons. The van der Waals surface area contributed by atoms with Crippen molar-refractivity contribution in [3.8, 4) is 0 Å². The SMILES string of the molecule is CC1CCC(OS(=O)NC2CC(S(=O)(=O)[O-])CC3CC(SOO[O-])C(N=NC4CC(Cl)CCC4OC4CCCCC4)C(O)C32)CC1.[Na+].[Na+]. The predicted molar refractivity (Wildman–Crippen MR) is 169 cm³/mol. The molecule has 19 heteroatoms. The minimum Gasteiger partial charge on any atom is -0.748 e. The van der Waals surface area contributed by atoms with Gasteiger partial charge in [-0.3, -0.25) is 9.22 Å². The molecular formula is C29H48ClN3Na2O10S3. The summed E-state index contributed by atoms with van der Waals surface area (Å²) in [5.41, 5.74) is 0. The third-order valence-corrected chi connectivity index (χ3v) is 14.1. The van der Waals surface area contributed by atoms with Gasteiger partial charge in [0, 0.05) is 29.4 Å². The van der Waals surface area contributed by atoms with Crippen LogP contribution in [0.1, 0.15) is 103 Å². The number of nitrogens with zero attached hydrogens (tertiary/aromatic N) is 2. The van der Waals surface area contributed by atoms with Crippen LogP contribution in [0.2, 0.25) is 0 Å². The molecule has 2 N–H and O–H groups in total. The average Bonchev–Trinajstić information content (AvgIpc) is 3.01. The van der Waals surface area contributed by atoms with E-state index in [1.54, 1.807) is 0 Å². The van der Waals surface area contributed by atoms with E-state index in [0.29, 0.717) is 24.4 Å². The van der Waals surface area contributed by atoms with E-state index in [0.717, 1.165) is 64.2 Å². The number of ether oxygens (including phenoxy) is 1. The number of halogens is 1. The summed E-state index contributed by atoms with van der Waals surface area (Å²) in [7, 11) is -4.68. The van der Waals surface area contributed by atoms with Crippen molar-refractivity contribution in [3.63, 3.8) is 0 Å². The first-order valence-corrected chi connectivity index (χ1v) is 20.6. The molecular weight excluding hydrogens is 728 g/mol. The van der Waals surface area contributed by atoms with E-state index < -0.39 is 61.9 Å². The van der Waals surface area contributed by atoms with Gasteiger partial charge < -0.3 is 19.7 Å². The molecule has 13 nitrogen and oxygen atoms in total. The van der Waals surface area contributed by atoms with Gasteiger partial charge in [0.25, 0.3) is 0 Å². The van der Waals surface area contributed by atoms with Crippen LogP contribution in [0.4, 0.5) is 0 Å². The summed E-state index contributed by atoms with van der Waals surface area (Å²) in [6, 6.07) is -2.00. The van der Waals surface area contributed by atoms with Gasteiger partial charge in [-0.1, -0.05) is 26.2 Å². The fourth-order valence-electron chi connectivity index (χ4n) is 8.24. The Labute approximate surface area is 341 Å². The fourth-order valence-corrected chi connectivity index (χ4v) is 11.3. The van der Waals surface area contributed by atoms with E-state index in [2.05, 4.69) is 26.1 Å². The predicted octanol–water partition coefficient (Wildman–Crippen LogP) is -2.23. The smallest absolute Gasteiger partial charge is 0.748 e. The molecule has 5 aliphatic rings. The molecule has 5 saturated carbocycles. The first kappa shape index (κ1) is 44.4. The van der Waals surface area contributed by atoms with Crippen LogP contribution in [0.3, 0.4) is 0 Å². The second kappa shape index (κ2) is 21.2. The number of fused-ring (bicyclic) bond motifs is 1. The molecule has 266 valence electrons. The van der Waals surface area contributed by atoms with Crippen molar-refractivity contribution in [1.29, 1.82) is 0 Å². The van der Waals surface area contributed by atoms with Gasteiger partial charge >= 0.3 is 59.1 Å². The van der Waals surface area contributed by atoms with Crippen LogP contribution in [0.15, 0.2) is 10.2 Å². The van der Waals surface area contributed by atoms with Crippen molar-refractivity contribution in [2.45, 2.75) is 162 Å². The first-order valence-electron chi connectivity index (χ1n) is 16.8. The monoisotopic (exact) mass is 775 g/mol. The zero-order valence-corrected chi connectivity index (χ0v) is 35.4. The number of rotatable bonds is 12. The van der Waals surface area contributed by atoms with Gasteiger partial charge in [0.15, 0.2) is 0 Å². The summed E-state index contributed by atoms with van der Waals surface area (Å²) in [5.74, 6) is -0.523. The Kier molecular flexibility index (Phi) is 19.6. The fraction of sp³-hybridized carbons (Fsp3) is 1.00. The van der Waals surface area contributed by atoms with E-state index in [1.165, 1.54) is 6.42 Å². The molecule has 0 heterocycles. The number of azo groups is 1. The van der Waals surface area contributed by atoms with Crippen molar-refractivity contribution in [2.75, 3.05) is 0 Å². The largest absolute Gasteiger partial charge is 1.00 e. The molecule has 11 unspecified atom stereocenters. The minimum atomic E-state index is -4.68. The van der Waals surface area contributed by atoms with Gasteiger partial charge in [0.2, 0.25) is 11.3 Å². The van der Waals surface area contributed by atoms with Crippen LogP contribution in [-0.2, 0) is 39.7 Å². The normalized spacial score (nSPS) is 40.4. The van der Waals surface area contributed by atoms with E-state index in [9.17, 15) is 27.5 Å². The van der Waals surface area contributed by atoms with Gasteiger partial charge in [-0.05, 0) is 88.9 Å². The zero-order chi connectivity index (χ0) is 32.8. The molecule has 0 aromatic heterocycles. The molecule has 5 rings (SSSR count). The Balaban J connectivity index is 0.00000312. The summed E-state index contributed by atoms with van der Waals surface area (Å²) in [4.78, 5) is 0. The van der Waals surface area contributed by atoms with Gasteiger partial charge in [0.1, 0.15) is 6.04 Å². The molecule has 0 amide bonds. The van der Waals surface area contributed by atoms with Gasteiger partial charge in [0.05, 0.1) is 51.1 Å². The van der Waals surface area contributed by atoms with Gasteiger partial charge in [-0.25, -0.2) is 17.3 Å². The summed E-state index contributed by atoms with van der Waals surface area (Å²) >= 11 is 5.26. The van der Waals surface area contributed by atoms with Crippen LogP contribution in [-0.4, -0.2) is 80.7 Å². The van der Waals surface area contributed by atoms with E-state index >= 15 is 0 Å². The van der Waals surface area contributed by atoms with Gasteiger partial charge in [-0.2, -0.15) is 14.6 Å². The van der Waals surface area contributed by atoms with E-state index in [-0.39, 0.29) is 108 Å². The maximum atomic E-state index is 13.2. The van der Waals surface area contributed by atoms with Crippen molar-refractivity contribution < 1.29 is 105 Å². The molecule has 5 aliphatic carbocycles.